The first-order valence-corrected chi connectivity index (χ1v) is 13.0. The van der Waals surface area contributed by atoms with E-state index in [0.717, 1.165) is 43.4 Å². The van der Waals surface area contributed by atoms with Gasteiger partial charge < -0.3 is 9.90 Å². The first-order chi connectivity index (χ1) is 14.2. The summed E-state index contributed by atoms with van der Waals surface area (Å²) in [6, 6.07) is 0. The smallest absolute Gasteiger partial charge is 0.123 e. The number of rotatable bonds is 6. The largest absolute Gasteiger partial charge is 0.393 e. The molecule has 4 rings (SSSR count). The molecule has 170 valence electrons. The number of hydrogen-bond acceptors (Lipinski definition) is 2. The van der Waals surface area contributed by atoms with E-state index in [9.17, 15) is 9.90 Å². The summed E-state index contributed by atoms with van der Waals surface area (Å²) in [6.07, 6.45) is 15.6. The van der Waals surface area contributed by atoms with Crippen molar-refractivity contribution < 1.29 is 9.90 Å². The van der Waals surface area contributed by atoms with E-state index in [1.807, 2.05) is 0 Å². The van der Waals surface area contributed by atoms with Crippen LogP contribution in [0.3, 0.4) is 0 Å². The molecule has 9 atom stereocenters. The van der Waals surface area contributed by atoms with E-state index in [1.165, 1.54) is 44.8 Å². The van der Waals surface area contributed by atoms with Crippen molar-refractivity contribution in [3.63, 3.8) is 0 Å². The molecule has 0 aromatic carbocycles. The van der Waals surface area contributed by atoms with Crippen LogP contribution >= 0.6 is 0 Å². The van der Waals surface area contributed by atoms with Crippen LogP contribution in [-0.4, -0.2) is 17.5 Å². The number of aliphatic hydroxyl groups excluding tert-OH is 1. The first kappa shape index (κ1) is 22.6. The van der Waals surface area contributed by atoms with E-state index in [4.69, 9.17) is 0 Å². The predicted octanol–water partition coefficient (Wildman–Crippen LogP) is 6.81. The summed E-state index contributed by atoms with van der Waals surface area (Å²) in [6.45, 7) is 12.2. The van der Waals surface area contributed by atoms with Crippen molar-refractivity contribution in [2.75, 3.05) is 0 Å². The summed E-state index contributed by atoms with van der Waals surface area (Å²) >= 11 is 0. The molecule has 0 aromatic heterocycles. The van der Waals surface area contributed by atoms with Gasteiger partial charge in [0.1, 0.15) is 6.29 Å². The Hall–Kier alpha value is -0.630. The van der Waals surface area contributed by atoms with E-state index in [0.29, 0.717) is 28.6 Å². The van der Waals surface area contributed by atoms with Crippen molar-refractivity contribution in [1.29, 1.82) is 0 Å². The second-order valence-corrected chi connectivity index (χ2v) is 12.6. The number of aldehydes is 1. The molecule has 0 amide bonds. The molecule has 3 saturated carbocycles. The van der Waals surface area contributed by atoms with Crippen LogP contribution in [-0.2, 0) is 4.79 Å². The molecular weight excluding hydrogens is 368 g/mol. The van der Waals surface area contributed by atoms with Crippen LogP contribution in [0, 0.1) is 52.3 Å². The Morgan fingerprint density at radius 3 is 2.60 bits per heavy atom. The normalized spacial score (nSPS) is 46.6. The third kappa shape index (κ3) is 3.63. The van der Waals surface area contributed by atoms with Crippen molar-refractivity contribution in [3.8, 4) is 0 Å². The molecule has 4 aliphatic carbocycles. The average molecular weight is 415 g/mol. The molecule has 0 bridgehead atoms. The maximum Gasteiger partial charge on any atom is 0.123 e. The van der Waals surface area contributed by atoms with Crippen molar-refractivity contribution in [3.05, 3.63) is 11.6 Å². The molecule has 1 N–H and O–H groups in total. The second-order valence-electron chi connectivity index (χ2n) is 12.6. The van der Waals surface area contributed by atoms with Gasteiger partial charge in [-0.2, -0.15) is 0 Å². The number of hydrogen-bond donors (Lipinski definition) is 1. The molecule has 2 heteroatoms. The number of allylic oxidation sites excluding steroid dienone is 1. The number of carbonyl (C=O) groups is 1. The maximum absolute atomic E-state index is 12.2. The summed E-state index contributed by atoms with van der Waals surface area (Å²) in [4.78, 5) is 12.2. The molecule has 30 heavy (non-hydrogen) atoms. The Morgan fingerprint density at radius 2 is 1.90 bits per heavy atom. The van der Waals surface area contributed by atoms with Crippen molar-refractivity contribution >= 4 is 6.29 Å². The summed E-state index contributed by atoms with van der Waals surface area (Å²) in [5.41, 5.74) is 2.18. The molecule has 0 heterocycles. The Bertz CT molecular complexity index is 666. The highest BCUT2D eigenvalue weighted by Crippen LogP contribution is 2.68. The van der Waals surface area contributed by atoms with E-state index < -0.39 is 0 Å². The lowest BCUT2D eigenvalue weighted by molar-refractivity contribution is -0.113. The van der Waals surface area contributed by atoms with E-state index in [2.05, 4.69) is 40.7 Å². The predicted molar refractivity (Wildman–Crippen MR) is 124 cm³/mol. The standard InChI is InChI=1S/C28H46O2/c1-18(2)7-6-8-19(3)26-20(17-29)15-25-23-10-9-21-16-22(30)11-13-27(21,4)24(23)12-14-28(25,26)5/h9,17-20,22-26,30H,6-8,10-16H2,1-5H3/t19-,20?,22+,23-,24+,25+,26+,27+,28+/m1/s1. The highest BCUT2D eigenvalue weighted by Gasteiger charge is 2.61. The minimum atomic E-state index is -0.128. The van der Waals surface area contributed by atoms with Crippen molar-refractivity contribution in [1.82, 2.24) is 0 Å². The number of aliphatic hydroxyl groups is 1. The van der Waals surface area contributed by atoms with Crippen LogP contribution in [0.25, 0.3) is 0 Å². The van der Waals surface area contributed by atoms with Gasteiger partial charge in [-0.3, -0.25) is 0 Å². The van der Waals surface area contributed by atoms with Gasteiger partial charge in [-0.1, -0.05) is 65.5 Å². The SMILES string of the molecule is CC(C)CCC[C@@H](C)[C@H]1C(C=O)C[C@H]2[C@@H]3CC=C4C[C@@H](O)CC[C@]4(C)[C@H]3CC[C@]12C. The average Bonchev–Trinajstić information content (AvgIpc) is 3.00. The minimum Gasteiger partial charge on any atom is -0.393 e. The highest BCUT2D eigenvalue weighted by molar-refractivity contribution is 5.55. The fourth-order valence-corrected chi connectivity index (χ4v) is 9.02. The van der Waals surface area contributed by atoms with Gasteiger partial charge in [-0.25, -0.2) is 0 Å². The number of carbonyl (C=O) groups excluding carboxylic acids is 1. The van der Waals surface area contributed by atoms with Crippen LogP contribution in [0.15, 0.2) is 11.6 Å². The molecule has 3 fully saturated rings. The van der Waals surface area contributed by atoms with E-state index in [1.54, 1.807) is 5.57 Å². The van der Waals surface area contributed by atoms with Gasteiger partial charge in [0.2, 0.25) is 0 Å². The third-order valence-corrected chi connectivity index (χ3v) is 10.5. The molecular formula is C28H46O2. The summed E-state index contributed by atoms with van der Waals surface area (Å²) in [5.74, 6) is 4.46. The van der Waals surface area contributed by atoms with Gasteiger partial charge in [-0.05, 0) is 91.3 Å². The van der Waals surface area contributed by atoms with Crippen LogP contribution < -0.4 is 0 Å². The molecule has 0 aromatic rings. The minimum absolute atomic E-state index is 0.128. The Kier molecular flexibility index (Phi) is 6.30. The molecule has 0 aliphatic heterocycles. The van der Waals surface area contributed by atoms with Gasteiger partial charge in [0.25, 0.3) is 0 Å². The zero-order chi connectivity index (χ0) is 21.7. The van der Waals surface area contributed by atoms with Crippen LogP contribution in [0.5, 0.6) is 0 Å². The van der Waals surface area contributed by atoms with Crippen LogP contribution in [0.4, 0.5) is 0 Å². The summed E-state index contributed by atoms with van der Waals surface area (Å²) in [5, 5.41) is 10.2. The van der Waals surface area contributed by atoms with Crippen molar-refractivity contribution in [2.45, 2.75) is 105 Å². The fourth-order valence-electron chi connectivity index (χ4n) is 9.02. The van der Waals surface area contributed by atoms with E-state index >= 15 is 0 Å². The summed E-state index contributed by atoms with van der Waals surface area (Å²) in [7, 11) is 0. The zero-order valence-corrected chi connectivity index (χ0v) is 20.2. The zero-order valence-electron chi connectivity index (χ0n) is 20.2. The van der Waals surface area contributed by atoms with Gasteiger partial charge in [0.05, 0.1) is 6.10 Å². The quantitative estimate of drug-likeness (QED) is 0.383. The molecule has 4 aliphatic rings. The lowest BCUT2D eigenvalue weighted by Gasteiger charge is -2.58. The van der Waals surface area contributed by atoms with Gasteiger partial charge in [0.15, 0.2) is 0 Å². The molecule has 1 unspecified atom stereocenters. The lowest BCUT2D eigenvalue weighted by atomic mass is 9.47. The Labute approximate surface area is 185 Å². The van der Waals surface area contributed by atoms with E-state index in [-0.39, 0.29) is 12.0 Å². The van der Waals surface area contributed by atoms with Crippen LogP contribution in [0.2, 0.25) is 0 Å². The van der Waals surface area contributed by atoms with Crippen LogP contribution in [0.1, 0.15) is 98.8 Å². The molecule has 0 spiro atoms. The lowest BCUT2D eigenvalue weighted by Crippen LogP contribution is -2.51. The molecule has 0 saturated heterocycles. The monoisotopic (exact) mass is 414 g/mol. The van der Waals surface area contributed by atoms with Gasteiger partial charge >= 0.3 is 0 Å². The molecule has 2 nitrogen and oxygen atoms in total. The summed E-state index contributed by atoms with van der Waals surface area (Å²) < 4.78 is 0. The van der Waals surface area contributed by atoms with Crippen molar-refractivity contribution in [2.24, 2.45) is 52.3 Å². The van der Waals surface area contributed by atoms with Gasteiger partial charge in [0, 0.05) is 5.92 Å². The van der Waals surface area contributed by atoms with Gasteiger partial charge in [-0.15, -0.1) is 0 Å². The maximum atomic E-state index is 12.2. The molecule has 0 radical (unpaired) electrons. The first-order valence-electron chi connectivity index (χ1n) is 13.0. The number of fused-ring (bicyclic) bond motifs is 5. The highest BCUT2D eigenvalue weighted by atomic mass is 16.3. The fraction of sp³-hybridized carbons (Fsp3) is 0.893. The third-order valence-electron chi connectivity index (χ3n) is 10.5. The topological polar surface area (TPSA) is 37.3 Å². The Morgan fingerprint density at radius 1 is 1.13 bits per heavy atom. The Balaban J connectivity index is 1.56. The second kappa shape index (κ2) is 8.38.